The number of fused-ring (bicyclic) bond motifs is 3. The normalized spacial score (nSPS) is 21.1. The van der Waals surface area contributed by atoms with Crippen molar-refractivity contribution in [1.29, 1.82) is 0 Å². The topological polar surface area (TPSA) is 96.0 Å². The SMILES string of the molecule is CN1CC(O)(c2ncc(-c3cn4c5c(nc4cc3F)[C@H](O)C[C@@H]5c3ccccc3OC(F)F)cn2)C1. The quantitative estimate of drug-likeness (QED) is 0.437. The van der Waals surface area contributed by atoms with Crippen molar-refractivity contribution >= 4 is 5.65 Å². The first-order chi connectivity index (χ1) is 17.2. The first kappa shape index (κ1) is 22.9. The van der Waals surface area contributed by atoms with Crippen LogP contribution < -0.4 is 4.74 Å². The maximum absolute atomic E-state index is 15.1. The summed E-state index contributed by atoms with van der Waals surface area (Å²) in [6.45, 7) is -2.18. The summed E-state index contributed by atoms with van der Waals surface area (Å²) in [5, 5.41) is 21.3. The van der Waals surface area contributed by atoms with Crippen LogP contribution in [-0.2, 0) is 5.60 Å². The number of nitrogens with zero attached hydrogens (tertiary/aromatic N) is 5. The van der Waals surface area contributed by atoms with E-state index in [1.165, 1.54) is 24.5 Å². The van der Waals surface area contributed by atoms with Gasteiger partial charge in [-0.3, -0.25) is 4.90 Å². The van der Waals surface area contributed by atoms with Crippen LogP contribution in [0, 0.1) is 5.82 Å². The Morgan fingerprint density at radius 1 is 1.17 bits per heavy atom. The van der Waals surface area contributed by atoms with Crippen molar-refractivity contribution < 1.29 is 28.1 Å². The first-order valence-corrected chi connectivity index (χ1v) is 11.4. The van der Waals surface area contributed by atoms with Gasteiger partial charge in [-0.2, -0.15) is 8.78 Å². The highest BCUT2D eigenvalue weighted by Gasteiger charge is 2.43. The highest BCUT2D eigenvalue weighted by atomic mass is 19.3. The number of aliphatic hydroxyl groups is 2. The lowest BCUT2D eigenvalue weighted by molar-refractivity contribution is -0.0981. The maximum atomic E-state index is 15.1. The molecule has 1 saturated heterocycles. The molecule has 11 heteroatoms. The van der Waals surface area contributed by atoms with E-state index in [1.54, 1.807) is 28.8 Å². The largest absolute Gasteiger partial charge is 0.435 e. The number of rotatable bonds is 5. The standard InChI is InChI=1S/C25H22F3N5O3/c1-32-11-25(35,12-32)23-29-8-13(9-30-23)16-10-33-20(7-17(16)26)31-21-18(34)6-15(22(21)33)14-4-2-3-5-19(14)36-24(27)28/h2-5,7-10,15,18,24,34-35H,6,11-12H2,1H3/t15-,18-/m1/s1. The van der Waals surface area contributed by atoms with Gasteiger partial charge in [-0.05, 0) is 19.5 Å². The number of halogens is 3. The molecule has 4 heterocycles. The number of alkyl halides is 2. The molecule has 1 aromatic carbocycles. The molecule has 1 aliphatic heterocycles. The highest BCUT2D eigenvalue weighted by molar-refractivity contribution is 5.65. The van der Waals surface area contributed by atoms with Gasteiger partial charge >= 0.3 is 6.61 Å². The van der Waals surface area contributed by atoms with Gasteiger partial charge in [0, 0.05) is 60.4 Å². The van der Waals surface area contributed by atoms with E-state index in [9.17, 15) is 19.0 Å². The number of aromatic nitrogens is 4. The molecular formula is C25H22F3N5O3. The van der Waals surface area contributed by atoms with Crippen LogP contribution in [0.5, 0.6) is 5.75 Å². The Balaban J connectivity index is 1.43. The van der Waals surface area contributed by atoms with Gasteiger partial charge in [0.1, 0.15) is 22.8 Å². The van der Waals surface area contributed by atoms with Crippen molar-refractivity contribution in [3.63, 3.8) is 0 Å². The predicted octanol–water partition coefficient (Wildman–Crippen LogP) is 3.23. The van der Waals surface area contributed by atoms with Crippen molar-refractivity contribution in [3.8, 4) is 16.9 Å². The summed E-state index contributed by atoms with van der Waals surface area (Å²) < 4.78 is 47.6. The van der Waals surface area contributed by atoms with Gasteiger partial charge in [-0.25, -0.2) is 19.3 Å². The van der Waals surface area contributed by atoms with Gasteiger partial charge in [-0.1, -0.05) is 18.2 Å². The number of likely N-dealkylation sites (tertiary alicyclic amines) is 1. The summed E-state index contributed by atoms with van der Waals surface area (Å²) >= 11 is 0. The van der Waals surface area contributed by atoms with E-state index < -0.39 is 30.1 Å². The Hall–Kier alpha value is -3.54. The van der Waals surface area contributed by atoms with E-state index in [0.717, 1.165) is 0 Å². The molecule has 0 bridgehead atoms. The summed E-state index contributed by atoms with van der Waals surface area (Å²) in [4.78, 5) is 14.9. The molecule has 4 aromatic rings. The molecule has 3 aromatic heterocycles. The number of para-hydroxylation sites is 1. The fraction of sp³-hybridized carbons (Fsp3) is 0.320. The molecular weight excluding hydrogens is 475 g/mol. The first-order valence-electron chi connectivity index (χ1n) is 11.4. The van der Waals surface area contributed by atoms with Gasteiger partial charge in [-0.15, -0.1) is 0 Å². The van der Waals surface area contributed by atoms with E-state index >= 15 is 4.39 Å². The molecule has 0 amide bonds. The van der Waals surface area contributed by atoms with Gasteiger partial charge in [0.2, 0.25) is 0 Å². The van der Waals surface area contributed by atoms with E-state index in [4.69, 9.17) is 4.74 Å². The second-order valence-corrected chi connectivity index (χ2v) is 9.37. The summed E-state index contributed by atoms with van der Waals surface area (Å²) in [6, 6.07) is 7.67. The molecule has 8 nitrogen and oxygen atoms in total. The zero-order valence-corrected chi connectivity index (χ0v) is 19.1. The fourth-order valence-electron chi connectivity index (χ4n) is 5.29. The number of likely N-dealkylation sites (N-methyl/N-ethyl adjacent to an activating group) is 1. The second-order valence-electron chi connectivity index (χ2n) is 9.37. The fourth-order valence-corrected chi connectivity index (χ4v) is 5.29. The highest BCUT2D eigenvalue weighted by Crippen LogP contribution is 2.47. The molecule has 1 fully saturated rings. The number of ether oxygens (including phenoxy) is 1. The minimum atomic E-state index is -3.00. The summed E-state index contributed by atoms with van der Waals surface area (Å²) in [5.74, 6) is -0.773. The van der Waals surface area contributed by atoms with Crippen molar-refractivity contribution in [2.45, 2.75) is 30.7 Å². The van der Waals surface area contributed by atoms with E-state index in [-0.39, 0.29) is 29.2 Å². The molecule has 0 saturated carbocycles. The molecule has 6 rings (SSSR count). The monoisotopic (exact) mass is 497 g/mol. The number of hydrogen-bond acceptors (Lipinski definition) is 7. The number of aliphatic hydroxyl groups excluding tert-OH is 1. The molecule has 0 spiro atoms. The number of hydrogen-bond donors (Lipinski definition) is 2. The van der Waals surface area contributed by atoms with Gasteiger partial charge < -0.3 is 19.4 Å². The van der Waals surface area contributed by atoms with Gasteiger partial charge in [0.05, 0.1) is 17.5 Å². The number of imidazole rings is 1. The molecule has 186 valence electrons. The van der Waals surface area contributed by atoms with Crippen molar-refractivity contribution in [1.82, 2.24) is 24.3 Å². The van der Waals surface area contributed by atoms with E-state index in [0.29, 0.717) is 35.6 Å². The third-order valence-electron chi connectivity index (χ3n) is 6.83. The number of benzene rings is 1. The van der Waals surface area contributed by atoms with Crippen LogP contribution in [0.3, 0.4) is 0 Å². The lowest BCUT2D eigenvalue weighted by atomic mass is 9.94. The minimum absolute atomic E-state index is 0.0124. The lowest BCUT2D eigenvalue weighted by Crippen LogP contribution is -2.58. The molecule has 2 atom stereocenters. The Morgan fingerprint density at radius 2 is 1.89 bits per heavy atom. The zero-order chi connectivity index (χ0) is 25.2. The summed E-state index contributed by atoms with van der Waals surface area (Å²) in [7, 11) is 1.87. The van der Waals surface area contributed by atoms with Crippen LogP contribution in [0.2, 0.25) is 0 Å². The lowest BCUT2D eigenvalue weighted by Gasteiger charge is -2.42. The molecule has 36 heavy (non-hydrogen) atoms. The average molecular weight is 497 g/mol. The predicted molar refractivity (Wildman–Crippen MR) is 122 cm³/mol. The Bertz CT molecular complexity index is 1450. The summed E-state index contributed by atoms with van der Waals surface area (Å²) in [6.07, 6.45) is 3.74. The zero-order valence-electron chi connectivity index (χ0n) is 19.1. The summed E-state index contributed by atoms with van der Waals surface area (Å²) in [5.41, 5.74) is 1.17. The minimum Gasteiger partial charge on any atom is -0.435 e. The van der Waals surface area contributed by atoms with E-state index in [1.807, 2.05) is 11.9 Å². The molecule has 2 aliphatic rings. The molecule has 1 aliphatic carbocycles. The molecule has 0 radical (unpaired) electrons. The molecule has 2 N–H and O–H groups in total. The van der Waals surface area contributed by atoms with Crippen molar-refractivity contribution in [2.24, 2.45) is 0 Å². The third-order valence-corrected chi connectivity index (χ3v) is 6.83. The second kappa shape index (κ2) is 8.26. The van der Waals surface area contributed by atoms with Gasteiger partial charge in [0.25, 0.3) is 0 Å². The number of pyridine rings is 1. The Labute approximate surface area is 203 Å². The Kier molecular flexibility index (Phi) is 5.25. The third kappa shape index (κ3) is 3.62. The van der Waals surface area contributed by atoms with Crippen LogP contribution in [-0.4, -0.2) is 61.2 Å². The molecule has 0 unspecified atom stereocenters. The number of β-amino-alcohol motifs (C(OH)–C–C–N with tert-alkyl or cyclic N) is 1. The Morgan fingerprint density at radius 3 is 2.58 bits per heavy atom. The van der Waals surface area contributed by atoms with Crippen molar-refractivity contribution in [2.75, 3.05) is 20.1 Å². The van der Waals surface area contributed by atoms with Crippen molar-refractivity contribution in [3.05, 3.63) is 77.5 Å². The smallest absolute Gasteiger partial charge is 0.387 e. The van der Waals surface area contributed by atoms with Crippen LogP contribution >= 0.6 is 0 Å². The van der Waals surface area contributed by atoms with Gasteiger partial charge in [0.15, 0.2) is 5.82 Å². The van der Waals surface area contributed by atoms with Crippen LogP contribution in [0.15, 0.2) is 48.9 Å². The van der Waals surface area contributed by atoms with Crippen LogP contribution in [0.1, 0.15) is 41.2 Å². The average Bonchev–Trinajstić information content (AvgIpc) is 3.34. The maximum Gasteiger partial charge on any atom is 0.387 e. The van der Waals surface area contributed by atoms with E-state index in [2.05, 4.69) is 15.0 Å². The van der Waals surface area contributed by atoms with Crippen LogP contribution in [0.4, 0.5) is 13.2 Å². The van der Waals surface area contributed by atoms with Crippen LogP contribution in [0.25, 0.3) is 16.8 Å².